The molecule has 0 spiro atoms. The Morgan fingerprint density at radius 3 is 2.32 bits per heavy atom. The number of piperazine rings is 1. The quantitative estimate of drug-likeness (QED) is 0.561. The fraction of sp³-hybridized carbons (Fsp3) is 0.200. The molecule has 3 aromatic carbocycles. The number of benzene rings is 3. The number of hydrogen-bond acceptors (Lipinski definition) is 5. The van der Waals surface area contributed by atoms with Crippen LogP contribution in [0, 0.1) is 17.1 Å². The van der Waals surface area contributed by atoms with Crippen molar-refractivity contribution in [1.29, 1.82) is 5.26 Å². The van der Waals surface area contributed by atoms with Gasteiger partial charge in [-0.25, -0.2) is 12.8 Å². The SMILES string of the molecule is CN(C(=O)c1cccc(S(=O)(=O)N2CCN(c3ccc(F)cc3)CC2)c1)c1cccc(C#N)c1. The van der Waals surface area contributed by atoms with Crippen LogP contribution in [-0.2, 0) is 10.0 Å². The molecule has 1 heterocycles. The second kappa shape index (κ2) is 9.63. The first-order chi connectivity index (χ1) is 16.3. The van der Waals surface area contributed by atoms with Gasteiger partial charge in [-0.15, -0.1) is 0 Å². The lowest BCUT2D eigenvalue weighted by molar-refractivity contribution is 0.0993. The van der Waals surface area contributed by atoms with Crippen molar-refractivity contribution >= 4 is 27.3 Å². The van der Waals surface area contributed by atoms with Crippen LogP contribution in [0.1, 0.15) is 15.9 Å². The van der Waals surface area contributed by atoms with Crippen LogP contribution in [0.15, 0.2) is 77.7 Å². The Bertz CT molecular complexity index is 1350. The molecule has 1 aliphatic heterocycles. The number of rotatable bonds is 5. The smallest absolute Gasteiger partial charge is 0.258 e. The zero-order chi connectivity index (χ0) is 24.3. The summed E-state index contributed by atoms with van der Waals surface area (Å²) in [6, 6.07) is 20.8. The van der Waals surface area contributed by atoms with Crippen LogP contribution in [0.4, 0.5) is 15.8 Å². The van der Waals surface area contributed by atoms with Gasteiger partial charge in [-0.05, 0) is 60.7 Å². The van der Waals surface area contributed by atoms with Crippen molar-refractivity contribution in [3.05, 3.63) is 89.7 Å². The molecular weight excluding hydrogens is 455 g/mol. The van der Waals surface area contributed by atoms with Crippen molar-refractivity contribution < 1.29 is 17.6 Å². The summed E-state index contributed by atoms with van der Waals surface area (Å²) in [6.45, 7) is 1.50. The number of carbonyl (C=O) groups is 1. The molecule has 0 bridgehead atoms. The van der Waals surface area contributed by atoms with E-state index in [4.69, 9.17) is 5.26 Å². The maximum Gasteiger partial charge on any atom is 0.258 e. The number of hydrogen-bond donors (Lipinski definition) is 0. The van der Waals surface area contributed by atoms with Gasteiger partial charge >= 0.3 is 0 Å². The maximum atomic E-state index is 13.3. The van der Waals surface area contributed by atoms with E-state index in [-0.39, 0.29) is 35.3 Å². The number of nitrogens with zero attached hydrogens (tertiary/aromatic N) is 4. The molecule has 1 saturated heterocycles. The average Bonchev–Trinajstić information content (AvgIpc) is 2.88. The second-order valence-corrected chi connectivity index (χ2v) is 9.86. The summed E-state index contributed by atoms with van der Waals surface area (Å²) < 4.78 is 41.1. The molecule has 0 aliphatic carbocycles. The predicted molar refractivity (Wildman–Crippen MR) is 128 cm³/mol. The van der Waals surface area contributed by atoms with E-state index < -0.39 is 10.0 Å². The third-order valence-electron chi connectivity index (χ3n) is 5.82. The van der Waals surface area contributed by atoms with Gasteiger partial charge in [-0.1, -0.05) is 12.1 Å². The molecule has 1 amide bonds. The Hall–Kier alpha value is -3.74. The number of sulfonamides is 1. The largest absolute Gasteiger partial charge is 0.369 e. The van der Waals surface area contributed by atoms with Crippen molar-refractivity contribution in [3.63, 3.8) is 0 Å². The molecule has 174 valence electrons. The van der Waals surface area contributed by atoms with Crippen LogP contribution in [-0.4, -0.2) is 51.9 Å². The number of anilines is 2. The van der Waals surface area contributed by atoms with Crippen LogP contribution in [0.25, 0.3) is 0 Å². The summed E-state index contributed by atoms with van der Waals surface area (Å²) >= 11 is 0. The predicted octanol–water partition coefficient (Wildman–Crippen LogP) is 3.48. The molecule has 0 radical (unpaired) electrons. The third kappa shape index (κ3) is 4.78. The molecule has 0 N–H and O–H groups in total. The van der Waals surface area contributed by atoms with Gasteiger partial charge in [0.05, 0.1) is 16.5 Å². The van der Waals surface area contributed by atoms with E-state index in [1.54, 1.807) is 55.6 Å². The Kier molecular flexibility index (Phi) is 6.63. The first-order valence-corrected chi connectivity index (χ1v) is 12.1. The molecule has 9 heteroatoms. The van der Waals surface area contributed by atoms with Crippen molar-refractivity contribution in [1.82, 2.24) is 4.31 Å². The van der Waals surface area contributed by atoms with Crippen molar-refractivity contribution in [2.75, 3.05) is 43.0 Å². The topological polar surface area (TPSA) is 84.7 Å². The minimum Gasteiger partial charge on any atom is -0.369 e. The minimum atomic E-state index is -3.80. The lowest BCUT2D eigenvalue weighted by atomic mass is 10.1. The Labute approximate surface area is 198 Å². The fourth-order valence-corrected chi connectivity index (χ4v) is 5.34. The summed E-state index contributed by atoms with van der Waals surface area (Å²) in [5, 5.41) is 9.10. The monoisotopic (exact) mass is 478 g/mol. The number of carbonyl (C=O) groups excluding carboxylic acids is 1. The van der Waals surface area contributed by atoms with Crippen LogP contribution < -0.4 is 9.80 Å². The lowest BCUT2D eigenvalue weighted by Crippen LogP contribution is -2.48. The molecule has 0 saturated carbocycles. The van der Waals surface area contributed by atoms with Crippen LogP contribution in [0.2, 0.25) is 0 Å². The van der Waals surface area contributed by atoms with E-state index in [1.165, 1.54) is 33.5 Å². The van der Waals surface area contributed by atoms with E-state index >= 15 is 0 Å². The molecule has 1 fully saturated rings. The first kappa shape index (κ1) is 23.4. The van der Waals surface area contributed by atoms with Gasteiger partial charge in [0, 0.05) is 50.2 Å². The van der Waals surface area contributed by atoms with Crippen LogP contribution in [0.3, 0.4) is 0 Å². The molecule has 4 rings (SSSR count). The normalized spacial score (nSPS) is 14.4. The summed E-state index contributed by atoms with van der Waals surface area (Å²) in [6.07, 6.45) is 0. The highest BCUT2D eigenvalue weighted by atomic mass is 32.2. The van der Waals surface area contributed by atoms with Crippen LogP contribution >= 0.6 is 0 Å². The summed E-state index contributed by atoms with van der Waals surface area (Å²) in [7, 11) is -2.22. The third-order valence-corrected chi connectivity index (χ3v) is 7.71. The molecule has 0 aromatic heterocycles. The van der Waals surface area contributed by atoms with E-state index in [2.05, 4.69) is 0 Å². The number of halogens is 1. The second-order valence-electron chi connectivity index (χ2n) is 7.92. The molecule has 34 heavy (non-hydrogen) atoms. The fourth-order valence-electron chi connectivity index (χ4n) is 3.87. The van der Waals surface area contributed by atoms with E-state index in [9.17, 15) is 17.6 Å². The number of amides is 1. The standard InChI is InChI=1S/C25H23FN4O3S/c1-28(23-6-2-4-19(16-23)18-27)25(31)20-5-3-7-24(17-20)34(32,33)30-14-12-29(13-15-30)22-10-8-21(26)9-11-22/h2-11,16-17H,12-15H2,1H3. The van der Waals surface area contributed by atoms with Gasteiger partial charge in [0.1, 0.15) is 5.82 Å². The van der Waals surface area contributed by atoms with Crippen molar-refractivity contribution in [2.24, 2.45) is 0 Å². The Balaban J connectivity index is 1.49. The van der Waals surface area contributed by atoms with E-state index in [1.807, 2.05) is 11.0 Å². The van der Waals surface area contributed by atoms with Gasteiger partial charge in [0.2, 0.25) is 10.0 Å². The Morgan fingerprint density at radius 2 is 1.65 bits per heavy atom. The van der Waals surface area contributed by atoms with Gasteiger partial charge in [-0.3, -0.25) is 4.79 Å². The Morgan fingerprint density at radius 1 is 0.971 bits per heavy atom. The highest BCUT2D eigenvalue weighted by Gasteiger charge is 2.29. The van der Waals surface area contributed by atoms with Gasteiger partial charge in [0.25, 0.3) is 5.91 Å². The molecule has 7 nitrogen and oxygen atoms in total. The average molecular weight is 479 g/mol. The molecule has 3 aromatic rings. The number of nitriles is 1. The van der Waals surface area contributed by atoms with Gasteiger partial charge in [-0.2, -0.15) is 9.57 Å². The van der Waals surface area contributed by atoms with Crippen molar-refractivity contribution in [3.8, 4) is 6.07 Å². The summed E-state index contributed by atoms with van der Waals surface area (Å²) in [4.78, 5) is 16.5. The molecule has 0 unspecified atom stereocenters. The van der Waals surface area contributed by atoms with Crippen molar-refractivity contribution in [2.45, 2.75) is 4.90 Å². The first-order valence-electron chi connectivity index (χ1n) is 10.7. The van der Waals surface area contributed by atoms with E-state index in [0.717, 1.165) is 5.69 Å². The molecule has 0 atom stereocenters. The highest BCUT2D eigenvalue weighted by molar-refractivity contribution is 7.89. The van der Waals surface area contributed by atoms with Gasteiger partial charge in [0.15, 0.2) is 0 Å². The van der Waals surface area contributed by atoms with Gasteiger partial charge < -0.3 is 9.80 Å². The summed E-state index contributed by atoms with van der Waals surface area (Å²) in [5.41, 5.74) is 2.04. The maximum absolute atomic E-state index is 13.3. The zero-order valence-corrected chi connectivity index (χ0v) is 19.4. The highest BCUT2D eigenvalue weighted by Crippen LogP contribution is 2.23. The van der Waals surface area contributed by atoms with Crippen LogP contribution in [0.5, 0.6) is 0 Å². The lowest BCUT2D eigenvalue weighted by Gasteiger charge is -2.35. The molecule has 1 aliphatic rings. The van der Waals surface area contributed by atoms with E-state index in [0.29, 0.717) is 24.3 Å². The zero-order valence-electron chi connectivity index (χ0n) is 18.6. The summed E-state index contributed by atoms with van der Waals surface area (Å²) in [5.74, 6) is -0.698. The minimum absolute atomic E-state index is 0.0488. The molecular formula is C25H23FN4O3S.